The summed E-state index contributed by atoms with van der Waals surface area (Å²) in [6, 6.07) is 12.1. The quantitative estimate of drug-likeness (QED) is 0.882. The van der Waals surface area contributed by atoms with Crippen LogP contribution in [0.15, 0.2) is 36.4 Å². The molecule has 0 bridgehead atoms. The molecule has 0 saturated carbocycles. The molecular weight excluding hydrogens is 258 g/mol. The Labute approximate surface area is 119 Å². The topological polar surface area (TPSA) is 21.3 Å². The Hall–Kier alpha value is -1.67. The second-order valence-electron chi connectivity index (χ2n) is 4.62. The number of methoxy groups -OCH3 is 1. The fraction of sp³-hybridized carbons (Fsp3) is 0.250. The van der Waals surface area contributed by atoms with Crippen LogP contribution in [0.4, 0.5) is 5.69 Å². The summed E-state index contributed by atoms with van der Waals surface area (Å²) < 4.78 is 5.26. The van der Waals surface area contributed by atoms with Crippen LogP contribution in [0, 0.1) is 13.8 Å². The van der Waals surface area contributed by atoms with E-state index in [4.69, 9.17) is 16.3 Å². The first-order valence-corrected chi connectivity index (χ1v) is 6.61. The number of halogens is 1. The second kappa shape index (κ2) is 5.98. The molecule has 2 aromatic carbocycles. The zero-order valence-electron chi connectivity index (χ0n) is 11.5. The van der Waals surface area contributed by atoms with Gasteiger partial charge in [-0.15, -0.1) is 0 Å². The summed E-state index contributed by atoms with van der Waals surface area (Å²) in [6.45, 7) is 4.89. The largest absolute Gasteiger partial charge is 0.496 e. The van der Waals surface area contributed by atoms with Gasteiger partial charge < -0.3 is 10.1 Å². The van der Waals surface area contributed by atoms with Gasteiger partial charge in [0.2, 0.25) is 0 Å². The summed E-state index contributed by atoms with van der Waals surface area (Å²) in [4.78, 5) is 0. The Kier molecular flexibility index (Phi) is 4.33. The van der Waals surface area contributed by atoms with Gasteiger partial charge in [-0.1, -0.05) is 23.7 Å². The van der Waals surface area contributed by atoms with Crippen molar-refractivity contribution in [2.24, 2.45) is 0 Å². The number of nitrogens with one attached hydrogen (secondary N) is 1. The first-order chi connectivity index (χ1) is 9.10. The number of hydrogen-bond donors (Lipinski definition) is 1. The first kappa shape index (κ1) is 13.8. The molecule has 0 aliphatic heterocycles. The Morgan fingerprint density at radius 1 is 1.05 bits per heavy atom. The SMILES string of the molecule is COc1ccc(CNc2ccc(Cl)cc2C)cc1C. The molecule has 0 saturated heterocycles. The van der Waals surface area contributed by atoms with E-state index in [0.717, 1.165) is 34.1 Å². The predicted molar refractivity (Wildman–Crippen MR) is 81.2 cm³/mol. The third-order valence-electron chi connectivity index (χ3n) is 3.13. The van der Waals surface area contributed by atoms with Crippen molar-refractivity contribution in [1.29, 1.82) is 0 Å². The van der Waals surface area contributed by atoms with Crippen molar-refractivity contribution in [3.8, 4) is 5.75 Å². The molecule has 0 aliphatic rings. The molecule has 3 heteroatoms. The normalized spacial score (nSPS) is 10.3. The maximum absolute atomic E-state index is 5.95. The molecule has 0 heterocycles. The summed E-state index contributed by atoms with van der Waals surface area (Å²) in [5, 5.41) is 4.19. The van der Waals surface area contributed by atoms with Crippen LogP contribution in [0.2, 0.25) is 5.02 Å². The lowest BCUT2D eigenvalue weighted by Gasteiger charge is -2.11. The Bertz CT molecular complexity index is 581. The van der Waals surface area contributed by atoms with Crippen molar-refractivity contribution < 1.29 is 4.74 Å². The molecule has 19 heavy (non-hydrogen) atoms. The highest BCUT2D eigenvalue weighted by atomic mass is 35.5. The summed E-state index contributed by atoms with van der Waals surface area (Å²) in [6.07, 6.45) is 0. The average Bonchev–Trinajstić information content (AvgIpc) is 2.38. The lowest BCUT2D eigenvalue weighted by molar-refractivity contribution is 0.411. The predicted octanol–water partition coefficient (Wildman–Crippen LogP) is 4.58. The van der Waals surface area contributed by atoms with E-state index >= 15 is 0 Å². The number of ether oxygens (including phenoxy) is 1. The van der Waals surface area contributed by atoms with E-state index in [9.17, 15) is 0 Å². The fourth-order valence-corrected chi connectivity index (χ4v) is 2.30. The molecule has 2 nitrogen and oxygen atoms in total. The van der Waals surface area contributed by atoms with E-state index in [0.29, 0.717) is 0 Å². The van der Waals surface area contributed by atoms with Crippen LogP contribution in [0.5, 0.6) is 5.75 Å². The molecule has 2 rings (SSSR count). The lowest BCUT2D eigenvalue weighted by atomic mass is 10.1. The lowest BCUT2D eigenvalue weighted by Crippen LogP contribution is -2.01. The van der Waals surface area contributed by atoms with Crippen molar-refractivity contribution in [2.75, 3.05) is 12.4 Å². The molecule has 0 unspecified atom stereocenters. The van der Waals surface area contributed by atoms with E-state index in [1.807, 2.05) is 31.2 Å². The first-order valence-electron chi connectivity index (χ1n) is 6.23. The molecular formula is C16H18ClNO. The maximum Gasteiger partial charge on any atom is 0.121 e. The van der Waals surface area contributed by atoms with E-state index in [1.165, 1.54) is 5.56 Å². The van der Waals surface area contributed by atoms with Crippen LogP contribution < -0.4 is 10.1 Å². The highest BCUT2D eigenvalue weighted by Gasteiger charge is 2.02. The smallest absolute Gasteiger partial charge is 0.121 e. The van der Waals surface area contributed by atoms with E-state index < -0.39 is 0 Å². The summed E-state index contributed by atoms with van der Waals surface area (Å²) in [5.41, 5.74) is 4.64. The summed E-state index contributed by atoms with van der Waals surface area (Å²) in [7, 11) is 1.69. The molecule has 0 aliphatic carbocycles. The third-order valence-corrected chi connectivity index (χ3v) is 3.37. The molecule has 0 amide bonds. The van der Waals surface area contributed by atoms with Gasteiger partial charge in [0, 0.05) is 17.3 Å². The van der Waals surface area contributed by atoms with Crippen molar-refractivity contribution >= 4 is 17.3 Å². The van der Waals surface area contributed by atoms with E-state index in [2.05, 4.69) is 24.4 Å². The van der Waals surface area contributed by atoms with Gasteiger partial charge in [0.15, 0.2) is 0 Å². The van der Waals surface area contributed by atoms with Crippen LogP contribution in [-0.4, -0.2) is 7.11 Å². The molecule has 0 aromatic heterocycles. The third kappa shape index (κ3) is 3.42. The molecule has 0 radical (unpaired) electrons. The number of rotatable bonds is 4. The molecule has 2 aromatic rings. The average molecular weight is 276 g/mol. The zero-order chi connectivity index (χ0) is 13.8. The minimum absolute atomic E-state index is 0.767. The number of anilines is 1. The number of benzene rings is 2. The fourth-order valence-electron chi connectivity index (χ4n) is 2.07. The number of aryl methyl sites for hydroxylation is 2. The molecule has 1 N–H and O–H groups in total. The molecule has 100 valence electrons. The standard InChI is InChI=1S/C16H18ClNO/c1-11-9-14(17)5-6-15(11)18-10-13-4-7-16(19-3)12(2)8-13/h4-9,18H,10H2,1-3H3. The zero-order valence-corrected chi connectivity index (χ0v) is 12.2. The highest BCUT2D eigenvalue weighted by Crippen LogP contribution is 2.22. The summed E-state index contributed by atoms with van der Waals surface area (Å²) in [5.74, 6) is 0.923. The van der Waals surface area contributed by atoms with Gasteiger partial charge in [0.1, 0.15) is 5.75 Å². The van der Waals surface area contributed by atoms with Gasteiger partial charge in [0.05, 0.1) is 7.11 Å². The van der Waals surface area contributed by atoms with Gasteiger partial charge in [-0.3, -0.25) is 0 Å². The van der Waals surface area contributed by atoms with Gasteiger partial charge in [-0.25, -0.2) is 0 Å². The number of hydrogen-bond acceptors (Lipinski definition) is 2. The minimum atomic E-state index is 0.767. The second-order valence-corrected chi connectivity index (χ2v) is 5.05. The van der Waals surface area contributed by atoms with E-state index in [1.54, 1.807) is 7.11 Å². The Morgan fingerprint density at radius 2 is 1.84 bits per heavy atom. The van der Waals surface area contributed by atoms with Crippen LogP contribution in [0.3, 0.4) is 0 Å². The van der Waals surface area contributed by atoms with E-state index in [-0.39, 0.29) is 0 Å². The monoisotopic (exact) mass is 275 g/mol. The van der Waals surface area contributed by atoms with Crippen molar-refractivity contribution in [3.63, 3.8) is 0 Å². The van der Waals surface area contributed by atoms with Crippen LogP contribution in [-0.2, 0) is 6.54 Å². The maximum atomic E-state index is 5.95. The van der Waals surface area contributed by atoms with Crippen LogP contribution in [0.1, 0.15) is 16.7 Å². The van der Waals surface area contributed by atoms with Crippen molar-refractivity contribution in [3.05, 3.63) is 58.1 Å². The van der Waals surface area contributed by atoms with Crippen LogP contribution in [0.25, 0.3) is 0 Å². The van der Waals surface area contributed by atoms with Gasteiger partial charge in [0.25, 0.3) is 0 Å². The molecule has 0 spiro atoms. The Balaban J connectivity index is 2.08. The van der Waals surface area contributed by atoms with Crippen molar-refractivity contribution in [1.82, 2.24) is 0 Å². The van der Waals surface area contributed by atoms with Gasteiger partial charge >= 0.3 is 0 Å². The van der Waals surface area contributed by atoms with Crippen LogP contribution >= 0.6 is 11.6 Å². The summed E-state index contributed by atoms with van der Waals surface area (Å²) >= 11 is 5.95. The van der Waals surface area contributed by atoms with Gasteiger partial charge in [-0.2, -0.15) is 0 Å². The molecule has 0 atom stereocenters. The molecule has 0 fully saturated rings. The van der Waals surface area contributed by atoms with Gasteiger partial charge in [-0.05, 0) is 54.8 Å². The minimum Gasteiger partial charge on any atom is -0.496 e. The van der Waals surface area contributed by atoms with Crippen molar-refractivity contribution in [2.45, 2.75) is 20.4 Å². The highest BCUT2D eigenvalue weighted by molar-refractivity contribution is 6.30. The Morgan fingerprint density at radius 3 is 2.47 bits per heavy atom.